The van der Waals surface area contributed by atoms with Crippen LogP contribution in [0, 0.1) is 7.14 Å². The van der Waals surface area contributed by atoms with Crippen molar-refractivity contribution < 1.29 is 0 Å². The number of nitrogens with two attached hydrogens (primary N) is 1. The van der Waals surface area contributed by atoms with Crippen molar-refractivity contribution in [3.8, 4) is 0 Å². The van der Waals surface area contributed by atoms with Gasteiger partial charge in [0.15, 0.2) is 0 Å². The first-order valence-electron chi connectivity index (χ1n) is 2.74. The lowest BCUT2D eigenvalue weighted by Crippen LogP contribution is -2.02. The average molecular weight is 396 g/mol. The molecule has 0 radical (unpaired) electrons. The number of nitrogens with zero attached hydrogens (tertiary/aromatic N) is 1. The van der Waals surface area contributed by atoms with E-state index in [4.69, 9.17) is 5.73 Å². The third-order valence-corrected chi connectivity index (χ3v) is 2.60. The second kappa shape index (κ2) is 5.50. The van der Waals surface area contributed by atoms with E-state index in [9.17, 15) is 0 Å². The van der Waals surface area contributed by atoms with Crippen molar-refractivity contribution in [1.29, 1.82) is 0 Å². The lowest BCUT2D eigenvalue weighted by atomic mass is 10.4. The fourth-order valence-electron chi connectivity index (χ4n) is 0.593. The first kappa shape index (κ1) is 11.9. The summed E-state index contributed by atoms with van der Waals surface area (Å²) in [7, 11) is 0. The highest BCUT2D eigenvalue weighted by molar-refractivity contribution is 14.1. The van der Waals surface area contributed by atoms with Crippen LogP contribution in [-0.2, 0) is 6.54 Å². The fourth-order valence-corrected chi connectivity index (χ4v) is 2.33. The van der Waals surface area contributed by atoms with E-state index in [-0.39, 0.29) is 12.4 Å². The van der Waals surface area contributed by atoms with Gasteiger partial charge in [-0.05, 0) is 51.2 Å². The summed E-state index contributed by atoms with van der Waals surface area (Å²) >= 11 is 4.47. The molecule has 1 aromatic heterocycles. The monoisotopic (exact) mass is 396 g/mol. The second-order valence-corrected chi connectivity index (χ2v) is 4.19. The van der Waals surface area contributed by atoms with Crippen LogP contribution in [0.4, 0.5) is 0 Å². The molecule has 0 aliphatic carbocycles. The molecule has 0 atom stereocenters. The van der Waals surface area contributed by atoms with Gasteiger partial charge < -0.3 is 5.73 Å². The SMILES string of the molecule is Cl.NCc1ncc(I)cc1I. The molecule has 11 heavy (non-hydrogen) atoms. The van der Waals surface area contributed by atoms with Crippen LogP contribution < -0.4 is 5.73 Å². The maximum Gasteiger partial charge on any atom is 0.0673 e. The molecule has 2 N–H and O–H groups in total. The quantitative estimate of drug-likeness (QED) is 0.739. The van der Waals surface area contributed by atoms with Crippen LogP contribution in [-0.4, -0.2) is 4.98 Å². The molecule has 1 rings (SSSR count). The molecule has 0 bridgehead atoms. The van der Waals surface area contributed by atoms with Gasteiger partial charge in [-0.1, -0.05) is 0 Å². The smallest absolute Gasteiger partial charge is 0.0673 e. The Morgan fingerprint density at radius 2 is 2.09 bits per heavy atom. The second-order valence-electron chi connectivity index (χ2n) is 1.79. The zero-order chi connectivity index (χ0) is 7.56. The van der Waals surface area contributed by atoms with Gasteiger partial charge in [-0.3, -0.25) is 4.98 Å². The van der Waals surface area contributed by atoms with E-state index in [1.807, 2.05) is 6.20 Å². The highest BCUT2D eigenvalue weighted by atomic mass is 127. The minimum Gasteiger partial charge on any atom is -0.325 e. The minimum absolute atomic E-state index is 0. The van der Waals surface area contributed by atoms with Crippen LogP contribution in [0.1, 0.15) is 5.69 Å². The van der Waals surface area contributed by atoms with Crippen LogP contribution in [0.15, 0.2) is 12.3 Å². The molecule has 0 spiro atoms. The molecular formula is C6H7ClI2N2. The third kappa shape index (κ3) is 3.39. The number of rotatable bonds is 1. The van der Waals surface area contributed by atoms with Gasteiger partial charge in [0, 0.05) is 19.9 Å². The Morgan fingerprint density at radius 1 is 1.45 bits per heavy atom. The number of pyridine rings is 1. The highest BCUT2D eigenvalue weighted by Gasteiger charge is 1.97. The summed E-state index contributed by atoms with van der Waals surface area (Å²) in [5.74, 6) is 0. The Hall–Kier alpha value is 0.860. The normalized spacial score (nSPS) is 9.00. The Kier molecular flexibility index (Phi) is 5.93. The van der Waals surface area contributed by atoms with Gasteiger partial charge in [-0.25, -0.2) is 0 Å². The average Bonchev–Trinajstić information content (AvgIpc) is 1.88. The van der Waals surface area contributed by atoms with Crippen LogP contribution in [0.2, 0.25) is 0 Å². The molecule has 5 heteroatoms. The molecule has 0 aliphatic rings. The van der Waals surface area contributed by atoms with Crippen LogP contribution in [0.25, 0.3) is 0 Å². The third-order valence-electron chi connectivity index (χ3n) is 1.08. The summed E-state index contributed by atoms with van der Waals surface area (Å²) < 4.78 is 2.30. The first-order valence-corrected chi connectivity index (χ1v) is 4.90. The number of hydrogen-bond donors (Lipinski definition) is 1. The summed E-state index contributed by atoms with van der Waals surface area (Å²) in [5.41, 5.74) is 6.40. The minimum atomic E-state index is 0. The van der Waals surface area contributed by atoms with E-state index in [1.165, 1.54) is 0 Å². The summed E-state index contributed by atoms with van der Waals surface area (Å²) in [6.45, 7) is 0.523. The first-order chi connectivity index (χ1) is 4.74. The zero-order valence-corrected chi connectivity index (χ0v) is 10.7. The molecule has 0 saturated heterocycles. The van der Waals surface area contributed by atoms with Gasteiger partial charge in [-0.15, -0.1) is 12.4 Å². The molecule has 62 valence electrons. The molecule has 1 heterocycles. The molecule has 0 fully saturated rings. The Morgan fingerprint density at radius 3 is 2.55 bits per heavy atom. The van der Waals surface area contributed by atoms with E-state index in [1.54, 1.807) is 0 Å². The van der Waals surface area contributed by atoms with Crippen LogP contribution in [0.5, 0.6) is 0 Å². The van der Waals surface area contributed by atoms with Gasteiger partial charge in [0.2, 0.25) is 0 Å². The molecular weight excluding hydrogens is 389 g/mol. The summed E-state index contributed by atoms with van der Waals surface area (Å²) in [5, 5.41) is 0. The van der Waals surface area contributed by atoms with E-state index in [0.29, 0.717) is 6.54 Å². The lowest BCUT2D eigenvalue weighted by molar-refractivity contribution is 0.975. The molecule has 1 aromatic rings. The number of aromatic nitrogens is 1. The standard InChI is InChI=1S/C6H6I2N2.ClH/c7-4-1-5(8)6(2-9)10-3-4;/h1,3H,2,9H2;1H. The lowest BCUT2D eigenvalue weighted by Gasteiger charge is -1.98. The van der Waals surface area contributed by atoms with Gasteiger partial charge in [0.25, 0.3) is 0 Å². The highest BCUT2D eigenvalue weighted by Crippen LogP contribution is 2.12. The summed E-state index contributed by atoms with van der Waals surface area (Å²) in [6.07, 6.45) is 1.82. The van der Waals surface area contributed by atoms with Crippen molar-refractivity contribution in [2.45, 2.75) is 6.54 Å². The van der Waals surface area contributed by atoms with Crippen molar-refractivity contribution in [2.75, 3.05) is 0 Å². The Bertz CT molecular complexity index is 242. The van der Waals surface area contributed by atoms with Gasteiger partial charge in [0.05, 0.1) is 5.69 Å². The predicted molar refractivity (Wildman–Crippen MR) is 64.8 cm³/mol. The zero-order valence-electron chi connectivity index (χ0n) is 5.55. The summed E-state index contributed by atoms with van der Waals surface area (Å²) in [4.78, 5) is 4.16. The molecule has 0 aromatic carbocycles. The van der Waals surface area contributed by atoms with Gasteiger partial charge >= 0.3 is 0 Å². The number of hydrogen-bond acceptors (Lipinski definition) is 2. The van der Waals surface area contributed by atoms with Crippen molar-refractivity contribution >= 4 is 57.6 Å². The van der Waals surface area contributed by atoms with Crippen molar-refractivity contribution in [3.63, 3.8) is 0 Å². The van der Waals surface area contributed by atoms with Crippen LogP contribution >= 0.6 is 57.6 Å². The molecule has 0 unspecified atom stereocenters. The van der Waals surface area contributed by atoms with Crippen molar-refractivity contribution in [2.24, 2.45) is 5.73 Å². The van der Waals surface area contributed by atoms with Crippen molar-refractivity contribution in [1.82, 2.24) is 4.98 Å². The Labute approximate surface area is 99.0 Å². The maximum atomic E-state index is 5.43. The van der Waals surface area contributed by atoms with Gasteiger partial charge in [0.1, 0.15) is 0 Å². The van der Waals surface area contributed by atoms with Gasteiger partial charge in [-0.2, -0.15) is 0 Å². The summed E-state index contributed by atoms with van der Waals surface area (Å²) in [6, 6.07) is 2.07. The fraction of sp³-hybridized carbons (Fsp3) is 0.167. The van der Waals surface area contributed by atoms with E-state index < -0.39 is 0 Å². The number of halogens is 3. The predicted octanol–water partition coefficient (Wildman–Crippen LogP) is 2.17. The molecule has 2 nitrogen and oxygen atoms in total. The van der Waals surface area contributed by atoms with E-state index in [0.717, 1.165) is 12.8 Å². The van der Waals surface area contributed by atoms with Crippen LogP contribution in [0.3, 0.4) is 0 Å². The molecule has 0 amide bonds. The molecule has 0 aliphatic heterocycles. The van der Waals surface area contributed by atoms with Crippen molar-refractivity contribution in [3.05, 3.63) is 25.1 Å². The topological polar surface area (TPSA) is 38.9 Å². The Balaban J connectivity index is 0.000001000. The van der Waals surface area contributed by atoms with E-state index >= 15 is 0 Å². The maximum absolute atomic E-state index is 5.43. The molecule has 0 saturated carbocycles. The largest absolute Gasteiger partial charge is 0.325 e. The van der Waals surface area contributed by atoms with E-state index in [2.05, 4.69) is 56.2 Å².